The lowest BCUT2D eigenvalue weighted by Crippen LogP contribution is -2.33. The summed E-state index contributed by atoms with van der Waals surface area (Å²) in [4.78, 5) is 0. The van der Waals surface area contributed by atoms with Crippen molar-refractivity contribution < 1.29 is 0 Å². The molecule has 1 fully saturated rings. The molecule has 64 valence electrons. The molecule has 0 unspecified atom stereocenters. The van der Waals surface area contributed by atoms with E-state index in [-0.39, 0.29) is 5.54 Å². The molecule has 2 N–H and O–H groups in total. The van der Waals surface area contributed by atoms with Gasteiger partial charge in [-0.25, -0.2) is 0 Å². The Balaban J connectivity index is 2.33. The summed E-state index contributed by atoms with van der Waals surface area (Å²) in [5, 5.41) is 0. The lowest BCUT2D eigenvalue weighted by molar-refractivity contribution is 0.548. The Morgan fingerprint density at radius 2 is 2.00 bits per heavy atom. The van der Waals surface area contributed by atoms with E-state index in [4.69, 9.17) is 5.73 Å². The SMILES string of the molecule is CCC/C=C/C1(N)CCCC1. The molecule has 0 atom stereocenters. The maximum Gasteiger partial charge on any atom is 0.0339 e. The van der Waals surface area contributed by atoms with E-state index >= 15 is 0 Å². The van der Waals surface area contributed by atoms with Crippen molar-refractivity contribution in [3.05, 3.63) is 12.2 Å². The molecular weight excluding hydrogens is 134 g/mol. The maximum atomic E-state index is 6.11. The second kappa shape index (κ2) is 3.91. The van der Waals surface area contributed by atoms with Gasteiger partial charge in [-0.1, -0.05) is 38.3 Å². The van der Waals surface area contributed by atoms with Gasteiger partial charge >= 0.3 is 0 Å². The standard InChI is InChI=1S/C10H19N/c1-2-3-4-7-10(11)8-5-6-9-10/h4,7H,2-3,5-6,8-9,11H2,1H3/b7-4+. The van der Waals surface area contributed by atoms with E-state index in [1.165, 1.54) is 38.5 Å². The quantitative estimate of drug-likeness (QED) is 0.620. The van der Waals surface area contributed by atoms with Crippen molar-refractivity contribution >= 4 is 0 Å². The van der Waals surface area contributed by atoms with Crippen LogP contribution in [0, 0.1) is 0 Å². The molecular formula is C10H19N. The van der Waals surface area contributed by atoms with Crippen molar-refractivity contribution in [3.8, 4) is 0 Å². The molecule has 0 bridgehead atoms. The third-order valence-electron chi connectivity index (χ3n) is 2.44. The van der Waals surface area contributed by atoms with E-state index in [0.29, 0.717) is 0 Å². The van der Waals surface area contributed by atoms with Gasteiger partial charge in [0.15, 0.2) is 0 Å². The molecule has 0 saturated heterocycles. The lowest BCUT2D eigenvalue weighted by Gasteiger charge is -2.17. The first-order valence-electron chi connectivity index (χ1n) is 4.73. The number of hydrogen-bond donors (Lipinski definition) is 1. The number of nitrogens with two attached hydrogens (primary N) is 1. The highest BCUT2D eigenvalue weighted by Gasteiger charge is 2.25. The Kier molecular flexibility index (Phi) is 3.13. The van der Waals surface area contributed by atoms with E-state index in [9.17, 15) is 0 Å². The molecule has 0 aromatic heterocycles. The van der Waals surface area contributed by atoms with Crippen LogP contribution < -0.4 is 5.73 Å². The van der Waals surface area contributed by atoms with Crippen LogP contribution in [0.1, 0.15) is 45.4 Å². The number of unbranched alkanes of at least 4 members (excludes halogenated alkanes) is 1. The monoisotopic (exact) mass is 153 g/mol. The van der Waals surface area contributed by atoms with Crippen LogP contribution in [0.3, 0.4) is 0 Å². The van der Waals surface area contributed by atoms with Gasteiger partial charge in [0.25, 0.3) is 0 Å². The fourth-order valence-corrected chi connectivity index (χ4v) is 1.68. The van der Waals surface area contributed by atoms with Gasteiger partial charge in [0.2, 0.25) is 0 Å². The van der Waals surface area contributed by atoms with Gasteiger partial charge in [0.1, 0.15) is 0 Å². The minimum absolute atomic E-state index is 0.0647. The molecule has 1 aliphatic rings. The molecule has 1 saturated carbocycles. The van der Waals surface area contributed by atoms with Crippen molar-refractivity contribution in [2.45, 2.75) is 51.0 Å². The normalized spacial score (nSPS) is 23.1. The van der Waals surface area contributed by atoms with Gasteiger partial charge < -0.3 is 5.73 Å². The van der Waals surface area contributed by atoms with E-state index < -0.39 is 0 Å². The highest BCUT2D eigenvalue weighted by molar-refractivity contribution is 5.06. The summed E-state index contributed by atoms with van der Waals surface area (Å²) < 4.78 is 0. The van der Waals surface area contributed by atoms with Gasteiger partial charge in [-0.05, 0) is 19.3 Å². The zero-order valence-electron chi connectivity index (χ0n) is 7.47. The Hall–Kier alpha value is -0.300. The minimum atomic E-state index is 0.0647. The van der Waals surface area contributed by atoms with Crippen LogP contribution >= 0.6 is 0 Å². The molecule has 0 aromatic carbocycles. The third-order valence-corrected chi connectivity index (χ3v) is 2.44. The second-order valence-electron chi connectivity index (χ2n) is 3.63. The van der Waals surface area contributed by atoms with Gasteiger partial charge in [-0.2, -0.15) is 0 Å². The molecule has 11 heavy (non-hydrogen) atoms. The van der Waals surface area contributed by atoms with Crippen LogP contribution in [0.2, 0.25) is 0 Å². The zero-order chi connectivity index (χ0) is 8.16. The summed E-state index contributed by atoms with van der Waals surface area (Å²) in [5.41, 5.74) is 6.18. The summed E-state index contributed by atoms with van der Waals surface area (Å²) in [6, 6.07) is 0. The fourth-order valence-electron chi connectivity index (χ4n) is 1.68. The predicted octanol–water partition coefficient (Wildman–Crippen LogP) is 2.61. The summed E-state index contributed by atoms with van der Waals surface area (Å²) in [5.74, 6) is 0. The largest absolute Gasteiger partial charge is 0.322 e. The Labute approximate surface area is 69.7 Å². The van der Waals surface area contributed by atoms with Crippen molar-refractivity contribution in [1.29, 1.82) is 0 Å². The maximum absolute atomic E-state index is 6.11. The molecule has 0 aliphatic heterocycles. The average molecular weight is 153 g/mol. The van der Waals surface area contributed by atoms with Crippen LogP contribution in [0.5, 0.6) is 0 Å². The Bertz CT molecular complexity index is 132. The summed E-state index contributed by atoms with van der Waals surface area (Å²) in [6.45, 7) is 2.20. The highest BCUT2D eigenvalue weighted by Crippen LogP contribution is 2.28. The summed E-state index contributed by atoms with van der Waals surface area (Å²) >= 11 is 0. The van der Waals surface area contributed by atoms with Crippen molar-refractivity contribution in [2.24, 2.45) is 5.73 Å². The first-order chi connectivity index (χ1) is 5.27. The Morgan fingerprint density at radius 1 is 1.36 bits per heavy atom. The molecule has 0 aromatic rings. The van der Waals surface area contributed by atoms with Crippen molar-refractivity contribution in [2.75, 3.05) is 0 Å². The number of hydrogen-bond acceptors (Lipinski definition) is 1. The van der Waals surface area contributed by atoms with Crippen molar-refractivity contribution in [1.82, 2.24) is 0 Å². The first-order valence-corrected chi connectivity index (χ1v) is 4.73. The topological polar surface area (TPSA) is 26.0 Å². The Morgan fingerprint density at radius 3 is 2.55 bits per heavy atom. The van der Waals surface area contributed by atoms with Crippen molar-refractivity contribution in [3.63, 3.8) is 0 Å². The van der Waals surface area contributed by atoms with Crippen LogP contribution in [0.25, 0.3) is 0 Å². The van der Waals surface area contributed by atoms with Gasteiger partial charge in [-0.3, -0.25) is 0 Å². The van der Waals surface area contributed by atoms with Gasteiger partial charge in [0.05, 0.1) is 0 Å². The van der Waals surface area contributed by atoms with E-state index in [1.54, 1.807) is 0 Å². The molecule has 1 rings (SSSR count). The molecule has 0 heterocycles. The third kappa shape index (κ3) is 2.66. The highest BCUT2D eigenvalue weighted by atomic mass is 14.7. The van der Waals surface area contributed by atoms with Gasteiger partial charge in [-0.15, -0.1) is 0 Å². The van der Waals surface area contributed by atoms with Crippen LogP contribution in [0.15, 0.2) is 12.2 Å². The first kappa shape index (κ1) is 8.79. The fraction of sp³-hybridized carbons (Fsp3) is 0.800. The minimum Gasteiger partial charge on any atom is -0.322 e. The lowest BCUT2D eigenvalue weighted by atomic mass is 9.98. The number of rotatable bonds is 3. The van der Waals surface area contributed by atoms with Crippen LogP contribution in [-0.2, 0) is 0 Å². The molecule has 0 amide bonds. The van der Waals surface area contributed by atoms with E-state index in [2.05, 4.69) is 19.1 Å². The number of allylic oxidation sites excluding steroid dienone is 1. The predicted molar refractivity (Wildman–Crippen MR) is 49.4 cm³/mol. The molecule has 1 heteroatoms. The van der Waals surface area contributed by atoms with E-state index in [0.717, 1.165) is 0 Å². The zero-order valence-corrected chi connectivity index (χ0v) is 7.47. The van der Waals surface area contributed by atoms with Crippen LogP contribution in [0.4, 0.5) is 0 Å². The van der Waals surface area contributed by atoms with E-state index in [1.807, 2.05) is 0 Å². The summed E-state index contributed by atoms with van der Waals surface area (Å²) in [6.07, 6.45) is 11.9. The molecule has 0 radical (unpaired) electrons. The molecule has 1 aliphatic carbocycles. The molecule has 0 spiro atoms. The van der Waals surface area contributed by atoms with Crippen LogP contribution in [-0.4, -0.2) is 5.54 Å². The smallest absolute Gasteiger partial charge is 0.0339 e. The average Bonchev–Trinajstić information content (AvgIpc) is 2.38. The summed E-state index contributed by atoms with van der Waals surface area (Å²) in [7, 11) is 0. The second-order valence-corrected chi connectivity index (χ2v) is 3.63. The molecule has 1 nitrogen and oxygen atoms in total. The van der Waals surface area contributed by atoms with Gasteiger partial charge in [0, 0.05) is 5.54 Å².